The van der Waals surface area contributed by atoms with Gasteiger partial charge in [-0.05, 0) is 48.5 Å². The molecule has 0 aromatic heterocycles. The summed E-state index contributed by atoms with van der Waals surface area (Å²) in [7, 11) is -1.98. The van der Waals surface area contributed by atoms with Crippen LogP contribution < -0.4 is 0 Å². The highest BCUT2D eigenvalue weighted by atomic mass is 28.4. The molecule has 35 heavy (non-hydrogen) atoms. The molecular formula is C31H46O3Si. The van der Waals surface area contributed by atoms with Gasteiger partial charge in [0.15, 0.2) is 8.32 Å². The maximum absolute atomic E-state index is 11.2. The molecule has 3 nitrogen and oxygen atoms in total. The molecule has 0 heterocycles. The molecule has 0 bridgehead atoms. The summed E-state index contributed by atoms with van der Waals surface area (Å²) in [5, 5.41) is 11.3. The van der Waals surface area contributed by atoms with Gasteiger partial charge in [-0.2, -0.15) is 0 Å². The second kappa shape index (κ2) is 13.4. The van der Waals surface area contributed by atoms with Crippen molar-refractivity contribution in [2.75, 3.05) is 0 Å². The standard InChI is InChI=1S/C31H46O3Si/c1-9-28(30(32)25(3)34-35(7,8)31(4,5)6)22-24(2)29(21-20-26-16-12-10-13-17-26)33-23-27-18-14-11-15-19-27/h9-21,24-25,28-30,32H,1,22-23H2,2-8H3/b21-20-/t24-,25+,28-,29+,30-/m1/s1. The van der Waals surface area contributed by atoms with Gasteiger partial charge in [0.2, 0.25) is 0 Å². The number of ether oxygens (including phenoxy) is 1. The summed E-state index contributed by atoms with van der Waals surface area (Å²) in [5.74, 6) is 0.0918. The van der Waals surface area contributed by atoms with Crippen LogP contribution in [0.3, 0.4) is 0 Å². The molecule has 0 unspecified atom stereocenters. The van der Waals surface area contributed by atoms with E-state index in [1.807, 2.05) is 49.4 Å². The molecule has 0 radical (unpaired) electrons. The van der Waals surface area contributed by atoms with E-state index in [9.17, 15) is 5.11 Å². The Morgan fingerprint density at radius 2 is 1.54 bits per heavy atom. The first-order valence-electron chi connectivity index (χ1n) is 12.8. The van der Waals surface area contributed by atoms with Gasteiger partial charge in [-0.3, -0.25) is 0 Å². The first-order valence-corrected chi connectivity index (χ1v) is 15.7. The third kappa shape index (κ3) is 9.19. The number of benzene rings is 2. The third-order valence-corrected chi connectivity index (χ3v) is 11.9. The molecule has 0 saturated heterocycles. The SMILES string of the molecule is C=C[C@H](C[C@@H](C)[C@H](/C=C\c1ccccc1)OCc1ccccc1)[C@H](O)[C@H](C)O[Si](C)(C)C(C)(C)C. The topological polar surface area (TPSA) is 38.7 Å². The lowest BCUT2D eigenvalue weighted by Gasteiger charge is -2.40. The van der Waals surface area contributed by atoms with Gasteiger partial charge in [-0.1, -0.05) is 107 Å². The van der Waals surface area contributed by atoms with E-state index in [0.29, 0.717) is 6.61 Å². The van der Waals surface area contributed by atoms with E-state index < -0.39 is 14.4 Å². The van der Waals surface area contributed by atoms with Crippen LogP contribution in [0.4, 0.5) is 0 Å². The summed E-state index contributed by atoms with van der Waals surface area (Å²) >= 11 is 0. The molecule has 1 N–H and O–H groups in total. The summed E-state index contributed by atoms with van der Waals surface area (Å²) in [5.41, 5.74) is 2.29. The monoisotopic (exact) mass is 494 g/mol. The normalized spacial score (nSPS) is 17.0. The lowest BCUT2D eigenvalue weighted by atomic mass is 9.86. The van der Waals surface area contributed by atoms with Crippen molar-refractivity contribution < 1.29 is 14.3 Å². The molecule has 192 valence electrons. The van der Waals surface area contributed by atoms with Crippen molar-refractivity contribution in [2.24, 2.45) is 11.8 Å². The number of hydrogen-bond donors (Lipinski definition) is 1. The summed E-state index contributed by atoms with van der Waals surface area (Å²) in [6.45, 7) is 19.9. The minimum absolute atomic E-state index is 0.0854. The zero-order valence-electron chi connectivity index (χ0n) is 22.8. The smallest absolute Gasteiger partial charge is 0.192 e. The molecule has 0 aliphatic carbocycles. The molecule has 0 spiro atoms. The molecule has 2 aromatic rings. The van der Waals surface area contributed by atoms with Crippen LogP contribution in [-0.4, -0.2) is 31.7 Å². The van der Waals surface area contributed by atoms with E-state index in [1.54, 1.807) is 0 Å². The van der Waals surface area contributed by atoms with Gasteiger partial charge in [0.05, 0.1) is 24.9 Å². The summed E-state index contributed by atoms with van der Waals surface area (Å²) in [6, 6.07) is 20.5. The van der Waals surface area contributed by atoms with Crippen molar-refractivity contribution >= 4 is 14.4 Å². The fourth-order valence-corrected chi connectivity index (χ4v) is 5.37. The minimum atomic E-state index is -1.98. The quantitative estimate of drug-likeness (QED) is 0.227. The van der Waals surface area contributed by atoms with E-state index in [1.165, 1.54) is 0 Å². The Hall–Kier alpha value is -1.98. The van der Waals surface area contributed by atoms with Crippen LogP contribution in [0.25, 0.3) is 6.08 Å². The molecule has 2 aromatic carbocycles. The predicted octanol–water partition coefficient (Wildman–Crippen LogP) is 7.88. The fraction of sp³-hybridized carbons (Fsp3) is 0.484. The summed E-state index contributed by atoms with van der Waals surface area (Å²) in [6.07, 6.45) is 5.93. The molecule has 0 saturated carbocycles. The predicted molar refractivity (Wildman–Crippen MR) is 152 cm³/mol. The molecule has 2 rings (SSSR count). The molecule has 0 fully saturated rings. The maximum atomic E-state index is 11.2. The van der Waals surface area contributed by atoms with Crippen LogP contribution in [0.2, 0.25) is 18.1 Å². The zero-order valence-corrected chi connectivity index (χ0v) is 23.8. The lowest BCUT2D eigenvalue weighted by molar-refractivity contribution is -0.00880. The van der Waals surface area contributed by atoms with Crippen LogP contribution in [0.15, 0.2) is 79.4 Å². The number of aliphatic hydroxyl groups excluding tert-OH is 1. The first kappa shape index (κ1) is 29.2. The highest BCUT2D eigenvalue weighted by Crippen LogP contribution is 2.38. The largest absolute Gasteiger partial charge is 0.412 e. The Morgan fingerprint density at radius 1 is 0.971 bits per heavy atom. The van der Waals surface area contributed by atoms with E-state index in [-0.39, 0.29) is 29.1 Å². The van der Waals surface area contributed by atoms with Crippen molar-refractivity contribution in [3.8, 4) is 0 Å². The Kier molecular flexibility index (Phi) is 11.2. The van der Waals surface area contributed by atoms with Crippen LogP contribution >= 0.6 is 0 Å². The van der Waals surface area contributed by atoms with Crippen molar-refractivity contribution in [3.05, 3.63) is 90.5 Å². The molecule has 4 heteroatoms. The van der Waals surface area contributed by atoms with Crippen molar-refractivity contribution in [1.29, 1.82) is 0 Å². The van der Waals surface area contributed by atoms with Crippen LogP contribution in [0, 0.1) is 11.8 Å². The van der Waals surface area contributed by atoms with E-state index >= 15 is 0 Å². The van der Waals surface area contributed by atoms with Gasteiger partial charge in [0.1, 0.15) is 0 Å². The lowest BCUT2D eigenvalue weighted by Crippen LogP contribution is -2.47. The van der Waals surface area contributed by atoms with E-state index in [0.717, 1.165) is 17.5 Å². The van der Waals surface area contributed by atoms with Crippen molar-refractivity contribution in [1.82, 2.24) is 0 Å². The Bertz CT molecular complexity index is 902. The Morgan fingerprint density at radius 3 is 2.09 bits per heavy atom. The Labute approximate surface area is 215 Å². The summed E-state index contributed by atoms with van der Waals surface area (Å²) < 4.78 is 12.9. The number of aliphatic hydroxyl groups is 1. The van der Waals surface area contributed by atoms with Crippen molar-refractivity contribution in [3.63, 3.8) is 0 Å². The number of hydrogen-bond acceptors (Lipinski definition) is 3. The Balaban J connectivity index is 2.13. The minimum Gasteiger partial charge on any atom is -0.412 e. The van der Waals surface area contributed by atoms with Gasteiger partial charge in [-0.15, -0.1) is 6.58 Å². The summed E-state index contributed by atoms with van der Waals surface area (Å²) in [4.78, 5) is 0. The second-order valence-electron chi connectivity index (χ2n) is 11.2. The first-order chi connectivity index (χ1) is 16.4. The average Bonchev–Trinajstić information content (AvgIpc) is 2.82. The number of rotatable bonds is 13. The average molecular weight is 495 g/mol. The van der Waals surface area contributed by atoms with Gasteiger partial charge in [0.25, 0.3) is 0 Å². The van der Waals surface area contributed by atoms with Gasteiger partial charge >= 0.3 is 0 Å². The zero-order chi connectivity index (χ0) is 26.1. The van der Waals surface area contributed by atoms with E-state index in [2.05, 4.69) is 83.8 Å². The van der Waals surface area contributed by atoms with Crippen molar-refractivity contribution in [2.45, 2.75) is 84.1 Å². The fourth-order valence-electron chi connectivity index (χ4n) is 3.94. The second-order valence-corrected chi connectivity index (χ2v) is 16.0. The third-order valence-electron chi connectivity index (χ3n) is 7.28. The molecule has 0 amide bonds. The van der Waals surface area contributed by atoms with Crippen LogP contribution in [0.1, 0.15) is 52.2 Å². The van der Waals surface area contributed by atoms with Gasteiger partial charge in [-0.25, -0.2) is 0 Å². The van der Waals surface area contributed by atoms with Gasteiger partial charge < -0.3 is 14.3 Å². The van der Waals surface area contributed by atoms with Crippen LogP contribution in [-0.2, 0) is 15.8 Å². The highest BCUT2D eigenvalue weighted by molar-refractivity contribution is 6.74. The highest BCUT2D eigenvalue weighted by Gasteiger charge is 2.40. The molecule has 0 aliphatic heterocycles. The molecule has 0 aliphatic rings. The van der Waals surface area contributed by atoms with Gasteiger partial charge in [0, 0.05) is 5.92 Å². The molecular weight excluding hydrogens is 448 g/mol. The van der Waals surface area contributed by atoms with Crippen LogP contribution in [0.5, 0.6) is 0 Å². The maximum Gasteiger partial charge on any atom is 0.192 e. The van der Waals surface area contributed by atoms with E-state index in [4.69, 9.17) is 9.16 Å². The molecule has 5 atom stereocenters.